The first-order valence-corrected chi connectivity index (χ1v) is 9.46. The van der Waals surface area contributed by atoms with E-state index in [1.54, 1.807) is 7.11 Å². The molecule has 1 aromatic heterocycles. The molecule has 136 valence electrons. The van der Waals surface area contributed by atoms with Gasteiger partial charge in [0.2, 0.25) is 0 Å². The summed E-state index contributed by atoms with van der Waals surface area (Å²) >= 11 is 1.36. The number of anilines is 1. The van der Waals surface area contributed by atoms with Crippen LogP contribution in [0.4, 0.5) is 5.69 Å². The second-order valence-electron chi connectivity index (χ2n) is 6.28. The van der Waals surface area contributed by atoms with Crippen LogP contribution in [0.5, 0.6) is 5.75 Å². The number of ether oxygens (including phenoxy) is 1. The molecular weight excluding hydrogens is 358 g/mol. The summed E-state index contributed by atoms with van der Waals surface area (Å²) in [5.41, 5.74) is 13.5. The lowest BCUT2D eigenvalue weighted by Crippen LogP contribution is -2.19. The fraction of sp³-hybridized carbons (Fsp3) is 0.143. The number of nitrogens with two attached hydrogens (primary N) is 1. The van der Waals surface area contributed by atoms with Crippen molar-refractivity contribution in [2.75, 3.05) is 12.8 Å². The van der Waals surface area contributed by atoms with Crippen LogP contribution in [0.25, 0.3) is 10.4 Å². The zero-order valence-electron chi connectivity index (χ0n) is 14.9. The van der Waals surface area contributed by atoms with Crippen LogP contribution >= 0.6 is 11.3 Å². The summed E-state index contributed by atoms with van der Waals surface area (Å²) in [5.74, 6) is 0.503. The number of carbonyl (C=O) groups excluding carboxylic acids is 1. The van der Waals surface area contributed by atoms with E-state index < -0.39 is 0 Å². The van der Waals surface area contributed by atoms with Gasteiger partial charge in [-0.05, 0) is 54.3 Å². The highest BCUT2D eigenvalue weighted by atomic mass is 32.1. The minimum absolute atomic E-state index is 0.283. The van der Waals surface area contributed by atoms with Crippen molar-refractivity contribution in [3.8, 4) is 16.2 Å². The molecule has 0 fully saturated rings. The lowest BCUT2D eigenvalue weighted by molar-refractivity contribution is 0.0959. The molecule has 0 unspecified atom stereocenters. The Morgan fingerprint density at radius 2 is 1.93 bits per heavy atom. The number of amides is 1. The van der Waals surface area contributed by atoms with E-state index in [1.807, 2.05) is 48.5 Å². The number of thiophene rings is 1. The minimum Gasteiger partial charge on any atom is -0.497 e. The van der Waals surface area contributed by atoms with E-state index >= 15 is 0 Å². The highest BCUT2D eigenvalue weighted by Crippen LogP contribution is 2.34. The number of nitrogen functional groups attached to an aromatic ring is 1. The number of methoxy groups -OCH3 is 1. The number of hydrazone groups is 1. The first kappa shape index (κ1) is 17.3. The van der Waals surface area contributed by atoms with Crippen molar-refractivity contribution in [1.29, 1.82) is 0 Å². The molecular formula is C21H19N3O2S. The van der Waals surface area contributed by atoms with Crippen LogP contribution in [-0.4, -0.2) is 18.7 Å². The quantitative estimate of drug-likeness (QED) is 0.673. The van der Waals surface area contributed by atoms with Crippen LogP contribution in [0.15, 0.2) is 59.7 Å². The number of fused-ring (bicyclic) bond motifs is 1. The third-order valence-corrected chi connectivity index (χ3v) is 5.79. The van der Waals surface area contributed by atoms with Gasteiger partial charge in [0.15, 0.2) is 0 Å². The first-order chi connectivity index (χ1) is 13.2. The van der Waals surface area contributed by atoms with E-state index in [0.29, 0.717) is 10.6 Å². The summed E-state index contributed by atoms with van der Waals surface area (Å²) in [5, 5.41) is 4.34. The Balaban J connectivity index is 1.53. The molecule has 2 aromatic carbocycles. The van der Waals surface area contributed by atoms with E-state index in [4.69, 9.17) is 10.5 Å². The summed E-state index contributed by atoms with van der Waals surface area (Å²) in [7, 11) is 1.63. The Morgan fingerprint density at radius 3 is 2.70 bits per heavy atom. The van der Waals surface area contributed by atoms with Crippen molar-refractivity contribution in [2.45, 2.75) is 12.8 Å². The van der Waals surface area contributed by atoms with E-state index in [0.717, 1.165) is 40.3 Å². The molecule has 0 aliphatic heterocycles. The number of benzene rings is 2. The SMILES string of the molecule is COc1ccc(-c2cc(N)c(C(=O)N/N=C3/CCc4ccccc43)s2)cc1. The van der Waals surface area contributed by atoms with Crippen molar-refractivity contribution in [2.24, 2.45) is 5.10 Å². The summed E-state index contributed by atoms with van der Waals surface area (Å²) in [4.78, 5) is 14.0. The Labute approximate surface area is 161 Å². The maximum Gasteiger partial charge on any atom is 0.283 e. The molecule has 4 rings (SSSR count). The highest BCUT2D eigenvalue weighted by molar-refractivity contribution is 7.18. The molecule has 5 nitrogen and oxygen atoms in total. The molecule has 0 radical (unpaired) electrons. The Hall–Kier alpha value is -3.12. The molecule has 1 heterocycles. The van der Waals surface area contributed by atoms with Crippen LogP contribution in [0.1, 0.15) is 27.2 Å². The molecule has 6 heteroatoms. The summed E-state index contributed by atoms with van der Waals surface area (Å²) < 4.78 is 5.18. The van der Waals surface area contributed by atoms with Gasteiger partial charge in [0.05, 0.1) is 18.5 Å². The maximum atomic E-state index is 12.6. The molecule has 1 aliphatic carbocycles. The molecule has 0 spiro atoms. The number of aryl methyl sites for hydroxylation is 1. The van der Waals surface area contributed by atoms with E-state index in [1.165, 1.54) is 16.9 Å². The summed E-state index contributed by atoms with van der Waals surface area (Å²) in [6, 6.07) is 17.6. The number of nitrogens with zero attached hydrogens (tertiary/aromatic N) is 1. The molecule has 0 saturated heterocycles. The summed E-state index contributed by atoms with van der Waals surface area (Å²) in [6.07, 6.45) is 1.78. The Bertz CT molecular complexity index is 1020. The average Bonchev–Trinajstić information content (AvgIpc) is 3.30. The van der Waals surface area contributed by atoms with E-state index in [-0.39, 0.29) is 5.91 Å². The maximum absolute atomic E-state index is 12.6. The third kappa shape index (κ3) is 3.44. The first-order valence-electron chi connectivity index (χ1n) is 8.64. The van der Waals surface area contributed by atoms with Crippen molar-refractivity contribution >= 4 is 28.6 Å². The van der Waals surface area contributed by atoms with Gasteiger partial charge in [0, 0.05) is 10.4 Å². The fourth-order valence-corrected chi connectivity index (χ4v) is 4.15. The van der Waals surface area contributed by atoms with Crippen LogP contribution < -0.4 is 15.9 Å². The minimum atomic E-state index is -0.283. The van der Waals surface area contributed by atoms with Crippen molar-refractivity contribution in [3.63, 3.8) is 0 Å². The molecule has 0 bridgehead atoms. The van der Waals surface area contributed by atoms with Gasteiger partial charge in [-0.25, -0.2) is 5.43 Å². The number of carbonyl (C=O) groups is 1. The Morgan fingerprint density at radius 1 is 1.15 bits per heavy atom. The second kappa shape index (κ2) is 7.25. The van der Waals surface area contributed by atoms with Crippen molar-refractivity contribution < 1.29 is 9.53 Å². The number of hydrogen-bond acceptors (Lipinski definition) is 5. The van der Waals surface area contributed by atoms with Crippen LogP contribution in [0, 0.1) is 0 Å². The van der Waals surface area contributed by atoms with Crippen LogP contribution in [0.2, 0.25) is 0 Å². The zero-order chi connectivity index (χ0) is 18.8. The fourth-order valence-electron chi connectivity index (χ4n) is 3.17. The molecule has 0 atom stereocenters. The van der Waals surface area contributed by atoms with Gasteiger partial charge in [-0.1, -0.05) is 24.3 Å². The van der Waals surface area contributed by atoms with Crippen LogP contribution in [-0.2, 0) is 6.42 Å². The van der Waals surface area contributed by atoms with E-state index in [2.05, 4.69) is 16.6 Å². The van der Waals surface area contributed by atoms with Gasteiger partial charge in [0.25, 0.3) is 5.91 Å². The molecule has 1 aliphatic rings. The van der Waals surface area contributed by atoms with Gasteiger partial charge in [-0.3, -0.25) is 4.79 Å². The lowest BCUT2D eigenvalue weighted by atomic mass is 10.1. The highest BCUT2D eigenvalue weighted by Gasteiger charge is 2.19. The molecule has 0 saturated carbocycles. The molecule has 3 N–H and O–H groups in total. The zero-order valence-corrected chi connectivity index (χ0v) is 15.7. The van der Waals surface area contributed by atoms with Gasteiger partial charge in [-0.2, -0.15) is 5.10 Å². The predicted octanol–water partition coefficient (Wildman–Crippen LogP) is 4.09. The number of hydrogen-bond donors (Lipinski definition) is 2. The topological polar surface area (TPSA) is 76.7 Å². The van der Waals surface area contributed by atoms with Crippen molar-refractivity contribution in [3.05, 3.63) is 70.6 Å². The normalized spacial score (nSPS) is 14.2. The third-order valence-electron chi connectivity index (χ3n) is 4.59. The lowest BCUT2D eigenvalue weighted by Gasteiger charge is -2.02. The second-order valence-corrected chi connectivity index (χ2v) is 7.33. The number of nitrogens with one attached hydrogen (secondary N) is 1. The van der Waals surface area contributed by atoms with Gasteiger partial charge in [0.1, 0.15) is 10.6 Å². The van der Waals surface area contributed by atoms with Gasteiger partial charge in [-0.15, -0.1) is 11.3 Å². The smallest absolute Gasteiger partial charge is 0.283 e. The number of rotatable bonds is 4. The monoisotopic (exact) mass is 377 g/mol. The Kier molecular flexibility index (Phi) is 4.64. The largest absolute Gasteiger partial charge is 0.497 e. The summed E-state index contributed by atoms with van der Waals surface area (Å²) in [6.45, 7) is 0. The van der Waals surface area contributed by atoms with Gasteiger partial charge >= 0.3 is 0 Å². The van der Waals surface area contributed by atoms with Gasteiger partial charge < -0.3 is 10.5 Å². The van der Waals surface area contributed by atoms with E-state index in [9.17, 15) is 4.79 Å². The standard InChI is InChI=1S/C21H19N3O2S/c1-26-15-9-6-14(7-10-15)19-12-17(22)20(27-19)21(25)24-23-18-11-8-13-4-2-3-5-16(13)18/h2-7,9-10,12H,8,11,22H2,1H3,(H,24,25)/b23-18-. The van der Waals surface area contributed by atoms with Crippen LogP contribution in [0.3, 0.4) is 0 Å². The molecule has 3 aromatic rings. The molecule has 27 heavy (non-hydrogen) atoms. The average molecular weight is 377 g/mol. The molecule has 1 amide bonds. The van der Waals surface area contributed by atoms with Crippen molar-refractivity contribution in [1.82, 2.24) is 5.43 Å². The predicted molar refractivity (Wildman–Crippen MR) is 109 cm³/mol.